The van der Waals surface area contributed by atoms with Crippen molar-refractivity contribution in [3.8, 4) is 16.9 Å². The molecule has 1 nitrogen and oxygen atoms in total. The van der Waals surface area contributed by atoms with E-state index in [0.717, 1.165) is 0 Å². The van der Waals surface area contributed by atoms with Crippen molar-refractivity contribution in [3.63, 3.8) is 0 Å². The first kappa shape index (κ1) is 11.6. The van der Waals surface area contributed by atoms with Gasteiger partial charge in [0.05, 0.1) is 0 Å². The summed E-state index contributed by atoms with van der Waals surface area (Å²) < 4.78 is 0. The summed E-state index contributed by atoms with van der Waals surface area (Å²) in [6, 6.07) is 9.86. The van der Waals surface area contributed by atoms with Crippen LogP contribution in [0.5, 0.6) is 5.75 Å². The summed E-state index contributed by atoms with van der Waals surface area (Å²) in [6.07, 6.45) is 0. The highest BCUT2D eigenvalue weighted by Crippen LogP contribution is 2.39. The van der Waals surface area contributed by atoms with Gasteiger partial charge in [0.1, 0.15) is 5.75 Å². The van der Waals surface area contributed by atoms with Gasteiger partial charge in [0, 0.05) is 26.2 Å². The lowest BCUT2D eigenvalue weighted by Gasteiger charge is -2.09. The van der Waals surface area contributed by atoms with Crippen LogP contribution in [-0.4, -0.2) is 5.11 Å². The average molecular weight is 274 g/mol. The van der Waals surface area contributed by atoms with Crippen LogP contribution in [-0.2, 0) is 0 Å². The van der Waals surface area contributed by atoms with Gasteiger partial charge in [-0.3, -0.25) is 0 Å². The van der Waals surface area contributed by atoms with Crippen LogP contribution in [0.1, 0.15) is 0 Å². The SMILES string of the molecule is Oc1ccc(Cl)c(-c2c(Cl)cccc2Cl)c1. The topological polar surface area (TPSA) is 20.2 Å². The highest BCUT2D eigenvalue weighted by molar-refractivity contribution is 6.41. The van der Waals surface area contributed by atoms with Gasteiger partial charge in [-0.05, 0) is 30.3 Å². The number of aromatic hydroxyl groups is 1. The number of phenolic OH excluding ortho intramolecular Hbond substituents is 1. The Labute approximate surface area is 108 Å². The summed E-state index contributed by atoms with van der Waals surface area (Å²) in [7, 11) is 0. The second-order valence-corrected chi connectivity index (χ2v) is 4.48. The first-order valence-electron chi connectivity index (χ1n) is 4.52. The summed E-state index contributed by atoms with van der Waals surface area (Å²) in [5.41, 5.74) is 1.25. The van der Waals surface area contributed by atoms with Gasteiger partial charge in [-0.25, -0.2) is 0 Å². The van der Waals surface area contributed by atoms with Crippen LogP contribution in [0, 0.1) is 0 Å². The van der Waals surface area contributed by atoms with Crippen LogP contribution < -0.4 is 0 Å². The lowest BCUT2D eigenvalue weighted by molar-refractivity contribution is 0.475. The van der Waals surface area contributed by atoms with Gasteiger partial charge in [-0.2, -0.15) is 0 Å². The molecule has 0 heterocycles. The third-order valence-electron chi connectivity index (χ3n) is 2.18. The molecule has 0 aromatic heterocycles. The van der Waals surface area contributed by atoms with Gasteiger partial charge in [-0.1, -0.05) is 40.9 Å². The van der Waals surface area contributed by atoms with Gasteiger partial charge in [0.15, 0.2) is 0 Å². The Morgan fingerprint density at radius 2 is 1.44 bits per heavy atom. The maximum atomic E-state index is 9.44. The zero-order valence-corrected chi connectivity index (χ0v) is 10.3. The van der Waals surface area contributed by atoms with E-state index in [1.54, 1.807) is 24.3 Å². The highest BCUT2D eigenvalue weighted by Gasteiger charge is 2.12. The predicted octanol–water partition coefficient (Wildman–Crippen LogP) is 5.02. The third-order valence-corrected chi connectivity index (χ3v) is 3.14. The van der Waals surface area contributed by atoms with Crippen molar-refractivity contribution in [1.29, 1.82) is 0 Å². The number of hydrogen-bond donors (Lipinski definition) is 1. The van der Waals surface area contributed by atoms with E-state index in [1.165, 1.54) is 12.1 Å². The fourth-order valence-corrected chi connectivity index (χ4v) is 2.27. The maximum absolute atomic E-state index is 9.44. The molecular weight excluding hydrogens is 266 g/mol. The molecule has 0 saturated heterocycles. The van der Waals surface area contributed by atoms with Crippen LogP contribution in [0.4, 0.5) is 0 Å². The molecule has 0 aliphatic heterocycles. The van der Waals surface area contributed by atoms with E-state index in [-0.39, 0.29) is 5.75 Å². The molecule has 0 radical (unpaired) electrons. The van der Waals surface area contributed by atoms with Gasteiger partial charge in [0.25, 0.3) is 0 Å². The molecule has 4 heteroatoms. The molecule has 16 heavy (non-hydrogen) atoms. The van der Waals surface area contributed by atoms with Crippen molar-refractivity contribution in [2.24, 2.45) is 0 Å². The minimum atomic E-state index is 0.121. The summed E-state index contributed by atoms with van der Waals surface area (Å²) in [5.74, 6) is 0.121. The summed E-state index contributed by atoms with van der Waals surface area (Å²) >= 11 is 18.2. The van der Waals surface area contributed by atoms with Crippen LogP contribution in [0.15, 0.2) is 36.4 Å². The molecule has 0 fully saturated rings. The minimum absolute atomic E-state index is 0.121. The first-order chi connectivity index (χ1) is 7.59. The fourth-order valence-electron chi connectivity index (χ4n) is 1.46. The molecular formula is C12H7Cl3O. The monoisotopic (exact) mass is 272 g/mol. The predicted molar refractivity (Wildman–Crippen MR) is 68.6 cm³/mol. The lowest BCUT2D eigenvalue weighted by atomic mass is 10.1. The van der Waals surface area contributed by atoms with E-state index >= 15 is 0 Å². The molecule has 0 saturated carbocycles. The smallest absolute Gasteiger partial charge is 0.116 e. The zero-order chi connectivity index (χ0) is 11.7. The molecule has 1 N–H and O–H groups in total. The number of hydrogen-bond acceptors (Lipinski definition) is 1. The lowest BCUT2D eigenvalue weighted by Crippen LogP contribution is -1.83. The Morgan fingerprint density at radius 1 is 0.812 bits per heavy atom. The largest absolute Gasteiger partial charge is 0.508 e. The van der Waals surface area contributed by atoms with E-state index in [4.69, 9.17) is 34.8 Å². The molecule has 0 aliphatic carbocycles. The van der Waals surface area contributed by atoms with Gasteiger partial charge in [-0.15, -0.1) is 0 Å². The Hall–Kier alpha value is -0.890. The van der Waals surface area contributed by atoms with Crippen LogP contribution in [0.2, 0.25) is 15.1 Å². The van der Waals surface area contributed by atoms with Gasteiger partial charge in [0.2, 0.25) is 0 Å². The molecule has 0 amide bonds. The van der Waals surface area contributed by atoms with Crippen LogP contribution in [0.3, 0.4) is 0 Å². The van der Waals surface area contributed by atoms with E-state index < -0.39 is 0 Å². The quantitative estimate of drug-likeness (QED) is 0.773. The molecule has 82 valence electrons. The summed E-state index contributed by atoms with van der Waals surface area (Å²) in [4.78, 5) is 0. The van der Waals surface area contributed by atoms with Crippen molar-refractivity contribution < 1.29 is 5.11 Å². The molecule has 0 unspecified atom stereocenters. The molecule has 2 aromatic carbocycles. The molecule has 2 aromatic rings. The van der Waals surface area contributed by atoms with E-state index in [9.17, 15) is 5.11 Å². The van der Waals surface area contributed by atoms with Crippen molar-refractivity contribution in [2.75, 3.05) is 0 Å². The Bertz CT molecular complexity index is 518. The fraction of sp³-hybridized carbons (Fsp3) is 0. The number of phenols is 1. The molecule has 0 atom stereocenters. The van der Waals surface area contributed by atoms with Crippen molar-refractivity contribution in [2.45, 2.75) is 0 Å². The first-order valence-corrected chi connectivity index (χ1v) is 5.66. The summed E-state index contributed by atoms with van der Waals surface area (Å²) in [5, 5.41) is 10.9. The Morgan fingerprint density at radius 3 is 2.06 bits per heavy atom. The van der Waals surface area contributed by atoms with Crippen molar-refractivity contribution in [1.82, 2.24) is 0 Å². The summed E-state index contributed by atoms with van der Waals surface area (Å²) in [6.45, 7) is 0. The number of rotatable bonds is 1. The maximum Gasteiger partial charge on any atom is 0.116 e. The van der Waals surface area contributed by atoms with Crippen molar-refractivity contribution in [3.05, 3.63) is 51.5 Å². The molecule has 0 bridgehead atoms. The molecule has 2 rings (SSSR count). The zero-order valence-electron chi connectivity index (χ0n) is 8.05. The Balaban J connectivity index is 2.72. The second kappa shape index (κ2) is 4.54. The van der Waals surface area contributed by atoms with Crippen LogP contribution in [0.25, 0.3) is 11.1 Å². The van der Waals surface area contributed by atoms with Crippen molar-refractivity contribution >= 4 is 34.8 Å². The van der Waals surface area contributed by atoms with E-state index in [1.807, 2.05) is 0 Å². The molecule has 0 aliphatic rings. The average Bonchev–Trinajstić information content (AvgIpc) is 2.23. The standard InChI is InChI=1S/C12H7Cl3O/c13-9-5-4-7(16)6-8(9)12-10(14)2-1-3-11(12)15/h1-6,16H. The second-order valence-electron chi connectivity index (χ2n) is 3.26. The highest BCUT2D eigenvalue weighted by atomic mass is 35.5. The minimum Gasteiger partial charge on any atom is -0.508 e. The molecule has 0 spiro atoms. The van der Waals surface area contributed by atoms with E-state index in [2.05, 4.69) is 0 Å². The third kappa shape index (κ3) is 2.12. The van der Waals surface area contributed by atoms with Gasteiger partial charge < -0.3 is 5.11 Å². The number of benzene rings is 2. The van der Waals surface area contributed by atoms with E-state index in [0.29, 0.717) is 26.2 Å². The van der Waals surface area contributed by atoms with Gasteiger partial charge >= 0.3 is 0 Å². The Kier molecular flexibility index (Phi) is 3.29. The number of halogens is 3. The van der Waals surface area contributed by atoms with Crippen LogP contribution >= 0.6 is 34.8 Å². The normalized spacial score (nSPS) is 10.4.